The monoisotopic (exact) mass is 423 g/mol. The molecule has 0 radical (unpaired) electrons. The summed E-state index contributed by atoms with van der Waals surface area (Å²) < 4.78 is 30.6. The molecule has 1 aromatic carbocycles. The first-order valence-electron chi connectivity index (χ1n) is 9.10. The minimum absolute atomic E-state index is 0.0245. The van der Waals surface area contributed by atoms with Crippen LogP contribution < -0.4 is 10.5 Å². The fourth-order valence-corrected chi connectivity index (χ4v) is 6.20. The summed E-state index contributed by atoms with van der Waals surface area (Å²) in [5, 5.41) is 19.8. The third-order valence-corrected chi connectivity index (χ3v) is 8.22. The molecule has 1 atom stereocenters. The van der Waals surface area contributed by atoms with Crippen LogP contribution in [0.3, 0.4) is 0 Å². The molecule has 9 heteroatoms. The van der Waals surface area contributed by atoms with Crippen molar-refractivity contribution in [3.05, 3.63) is 45.1 Å². The molecular formula is C19H22FN3O3S2. The van der Waals surface area contributed by atoms with E-state index in [1.165, 1.54) is 30.4 Å². The average Bonchev–Trinajstić information content (AvgIpc) is 3.15. The van der Waals surface area contributed by atoms with Crippen molar-refractivity contribution in [1.82, 2.24) is 0 Å². The van der Waals surface area contributed by atoms with E-state index in [0.29, 0.717) is 0 Å². The smallest absolute Gasteiger partial charge is 0.354 e. The number of halogens is 1. The van der Waals surface area contributed by atoms with Crippen LogP contribution in [0.2, 0.25) is 0 Å². The number of aliphatic hydroxyl groups is 1. The third kappa shape index (κ3) is 3.26. The Morgan fingerprint density at radius 1 is 1.29 bits per heavy atom. The van der Waals surface area contributed by atoms with Crippen LogP contribution in [0, 0.1) is 5.82 Å². The molecule has 28 heavy (non-hydrogen) atoms. The number of fused-ring (bicyclic) bond motifs is 2. The number of carbonyl (C=O) groups is 1. The van der Waals surface area contributed by atoms with Crippen LogP contribution >= 0.6 is 11.3 Å². The lowest BCUT2D eigenvalue weighted by atomic mass is 9.83. The average molecular weight is 424 g/mol. The standard InChI is InChI=1S/C19H22FN3O3S2/c1-19(2,25)14-9-27-17(15(14)20)28(21,26)23-18(24)22-16-12-5-3-4-10(12)8-11-6-7-13(11)16/h8-9,25H,3-7H2,1-2H3,(H3,21,22,23,24,26). The van der Waals surface area contributed by atoms with Gasteiger partial charge in [0.15, 0.2) is 19.9 Å². The number of urea groups is 1. The Morgan fingerprint density at radius 2 is 1.96 bits per heavy atom. The number of carbonyl (C=O) groups excluding carboxylic acids is 1. The number of rotatable bonds is 3. The van der Waals surface area contributed by atoms with E-state index in [2.05, 4.69) is 15.7 Å². The van der Waals surface area contributed by atoms with Gasteiger partial charge in [0.1, 0.15) is 0 Å². The highest BCUT2D eigenvalue weighted by Crippen LogP contribution is 2.40. The van der Waals surface area contributed by atoms with Gasteiger partial charge in [0.05, 0.1) is 5.60 Å². The maximum absolute atomic E-state index is 14.6. The van der Waals surface area contributed by atoms with Crippen LogP contribution in [0.4, 0.5) is 14.9 Å². The van der Waals surface area contributed by atoms with Crippen molar-refractivity contribution in [1.29, 1.82) is 0 Å². The molecule has 0 saturated carbocycles. The molecule has 1 heterocycles. The summed E-state index contributed by atoms with van der Waals surface area (Å²) in [6.07, 6.45) is 4.76. The number of nitrogens with one attached hydrogen (secondary N) is 1. The first-order valence-corrected chi connectivity index (χ1v) is 11.6. The molecule has 1 unspecified atom stereocenters. The van der Waals surface area contributed by atoms with E-state index in [-0.39, 0.29) is 9.77 Å². The minimum atomic E-state index is -3.77. The number of hydrogen-bond acceptors (Lipinski definition) is 4. The molecule has 2 aliphatic rings. The highest BCUT2D eigenvalue weighted by atomic mass is 32.2. The van der Waals surface area contributed by atoms with Crippen molar-refractivity contribution in [2.75, 3.05) is 5.32 Å². The van der Waals surface area contributed by atoms with Gasteiger partial charge in [-0.1, -0.05) is 6.07 Å². The Kier molecular flexibility index (Phi) is 4.61. The Morgan fingerprint density at radius 3 is 2.57 bits per heavy atom. The summed E-state index contributed by atoms with van der Waals surface area (Å²) in [5.74, 6) is -0.883. The Bertz CT molecular complexity index is 1110. The predicted octanol–water partition coefficient (Wildman–Crippen LogP) is 3.63. The Balaban J connectivity index is 1.67. The molecule has 0 spiro atoms. The van der Waals surface area contributed by atoms with E-state index in [4.69, 9.17) is 5.14 Å². The molecule has 6 nitrogen and oxygen atoms in total. The number of anilines is 1. The van der Waals surface area contributed by atoms with Crippen LogP contribution in [-0.4, -0.2) is 15.3 Å². The normalized spacial score (nSPS) is 17.3. The van der Waals surface area contributed by atoms with Gasteiger partial charge in [-0.25, -0.2) is 18.5 Å². The highest BCUT2D eigenvalue weighted by molar-refractivity contribution is 7.93. The molecule has 1 aromatic heterocycles. The summed E-state index contributed by atoms with van der Waals surface area (Å²) in [6, 6.07) is 1.36. The first-order chi connectivity index (χ1) is 13.1. The molecule has 0 saturated heterocycles. The quantitative estimate of drug-likeness (QED) is 0.702. The number of aryl methyl sites for hydroxylation is 2. The van der Waals surface area contributed by atoms with Crippen molar-refractivity contribution >= 4 is 33.0 Å². The number of nitrogens with two attached hydrogens (primary N) is 1. The van der Waals surface area contributed by atoms with Crippen molar-refractivity contribution in [2.45, 2.75) is 55.8 Å². The topological polar surface area (TPSA) is 105 Å². The number of nitrogens with zero attached hydrogens (tertiary/aromatic N) is 1. The number of hydrogen-bond donors (Lipinski definition) is 3. The number of thiophene rings is 1. The maximum Gasteiger partial charge on any atom is 0.354 e. The van der Waals surface area contributed by atoms with E-state index < -0.39 is 27.4 Å². The molecule has 0 aliphatic heterocycles. The van der Waals surface area contributed by atoms with Gasteiger partial charge >= 0.3 is 6.03 Å². The summed E-state index contributed by atoms with van der Waals surface area (Å²) in [6.45, 7) is 2.83. The number of amides is 2. The second kappa shape index (κ2) is 6.62. The minimum Gasteiger partial charge on any atom is -0.386 e. The van der Waals surface area contributed by atoms with Crippen LogP contribution in [0.15, 0.2) is 20.0 Å². The van der Waals surface area contributed by atoms with Gasteiger partial charge in [-0.2, -0.15) is 0 Å². The molecule has 0 fully saturated rings. The van der Waals surface area contributed by atoms with Crippen molar-refractivity contribution in [2.24, 2.45) is 9.50 Å². The van der Waals surface area contributed by atoms with Gasteiger partial charge in [-0.15, -0.1) is 15.7 Å². The van der Waals surface area contributed by atoms with Crippen LogP contribution in [0.1, 0.15) is 48.1 Å². The zero-order chi connectivity index (χ0) is 20.3. The molecule has 4 rings (SSSR count). The van der Waals surface area contributed by atoms with Crippen LogP contribution in [0.5, 0.6) is 0 Å². The molecule has 2 aliphatic carbocycles. The van der Waals surface area contributed by atoms with Gasteiger partial charge in [-0.05, 0) is 68.2 Å². The van der Waals surface area contributed by atoms with E-state index in [0.717, 1.165) is 60.3 Å². The lowest BCUT2D eigenvalue weighted by molar-refractivity contribution is 0.0748. The second-order valence-corrected chi connectivity index (χ2v) is 10.6. The van der Waals surface area contributed by atoms with Gasteiger partial charge < -0.3 is 10.4 Å². The fourth-order valence-electron chi connectivity index (χ4n) is 3.82. The van der Waals surface area contributed by atoms with Gasteiger partial charge in [0.25, 0.3) is 0 Å². The maximum atomic E-state index is 14.6. The summed E-state index contributed by atoms with van der Waals surface area (Å²) >= 11 is 0.786. The summed E-state index contributed by atoms with van der Waals surface area (Å²) in [7, 11) is -3.77. The van der Waals surface area contributed by atoms with Crippen molar-refractivity contribution < 1.29 is 18.5 Å². The van der Waals surface area contributed by atoms with Gasteiger partial charge in [0.2, 0.25) is 0 Å². The Hall–Kier alpha value is -1.81. The SMILES string of the molecule is CC(C)(O)c1csc(S(N)(=O)=NC(=O)Nc2c3c(cc4c2CC4)CCC3)c1F. The van der Waals surface area contributed by atoms with Crippen molar-refractivity contribution in [3.8, 4) is 0 Å². The van der Waals surface area contributed by atoms with E-state index in [1.54, 1.807) is 0 Å². The molecule has 150 valence electrons. The van der Waals surface area contributed by atoms with E-state index in [1.807, 2.05) is 0 Å². The summed E-state index contributed by atoms with van der Waals surface area (Å²) in [5.41, 5.74) is 3.94. The first kappa shape index (κ1) is 19.5. The Labute approximate surface area is 167 Å². The van der Waals surface area contributed by atoms with Crippen LogP contribution in [-0.2, 0) is 41.2 Å². The van der Waals surface area contributed by atoms with E-state index in [9.17, 15) is 18.5 Å². The fraction of sp³-hybridized carbons (Fsp3) is 0.421. The molecule has 0 bridgehead atoms. The van der Waals surface area contributed by atoms with E-state index >= 15 is 0 Å². The predicted molar refractivity (Wildman–Crippen MR) is 107 cm³/mol. The lowest BCUT2D eigenvalue weighted by Gasteiger charge is -2.25. The second-order valence-electron chi connectivity index (χ2n) is 7.78. The van der Waals surface area contributed by atoms with Crippen LogP contribution in [0.25, 0.3) is 0 Å². The van der Waals surface area contributed by atoms with Gasteiger partial charge in [0, 0.05) is 16.6 Å². The van der Waals surface area contributed by atoms with Gasteiger partial charge in [-0.3, -0.25) is 0 Å². The van der Waals surface area contributed by atoms with Crippen molar-refractivity contribution in [3.63, 3.8) is 0 Å². The number of benzene rings is 1. The third-order valence-electron chi connectivity index (χ3n) is 5.32. The lowest BCUT2D eigenvalue weighted by Crippen LogP contribution is -2.22. The summed E-state index contributed by atoms with van der Waals surface area (Å²) in [4.78, 5) is 12.5. The molecule has 2 amide bonds. The largest absolute Gasteiger partial charge is 0.386 e. The highest BCUT2D eigenvalue weighted by Gasteiger charge is 2.30. The molecular weight excluding hydrogens is 401 g/mol. The molecule has 4 N–H and O–H groups in total. The molecule has 2 aromatic rings. The zero-order valence-corrected chi connectivity index (χ0v) is 17.3. The zero-order valence-electron chi connectivity index (χ0n) is 15.7.